The number of nitrogens with two attached hydrogens (primary N) is 2. The molecule has 0 bridgehead atoms. The van der Waals surface area contributed by atoms with Crippen LogP contribution in [0.25, 0.3) is 0 Å². The molecule has 11 nitrogen and oxygen atoms in total. The molecule has 6 N–H and O–H groups in total. The fraction of sp³-hybridized carbons (Fsp3) is 0.889. The molecule has 0 saturated carbocycles. The van der Waals surface area contributed by atoms with E-state index in [1.165, 1.54) is 44.9 Å². The van der Waals surface area contributed by atoms with Crippen molar-refractivity contribution >= 4 is 29.7 Å². The minimum Gasteiger partial charge on any atom is -0.465 e. The number of unbranched alkanes of at least 4 members (excludes halogenated alkanes) is 17. The number of nitrogens with zero attached hydrogens (tertiary/aromatic N) is 1. The van der Waals surface area contributed by atoms with Gasteiger partial charge in [-0.3, -0.25) is 24.2 Å². The number of esters is 2. The predicted octanol–water partition coefficient (Wildman–Crippen LogP) is 9.57. The minimum absolute atomic E-state index is 0.0106. The van der Waals surface area contributed by atoms with Gasteiger partial charge in [0, 0.05) is 19.5 Å². The Morgan fingerprint density at radius 3 is 1.52 bits per heavy atom. The number of hydrogen-bond acceptors (Lipinski definition) is 7. The number of aliphatic imine (C=N–C) groups is 1. The van der Waals surface area contributed by atoms with E-state index in [0.29, 0.717) is 39.0 Å². The number of nitrogens with one attached hydrogen (secondary N) is 2. The molecule has 0 aromatic heterocycles. The van der Waals surface area contributed by atoms with E-state index >= 15 is 0 Å². The molecular formula is C45H87N5O6. The fourth-order valence-corrected chi connectivity index (χ4v) is 7.01. The summed E-state index contributed by atoms with van der Waals surface area (Å²) >= 11 is 0. The van der Waals surface area contributed by atoms with Crippen molar-refractivity contribution in [3.8, 4) is 0 Å². The van der Waals surface area contributed by atoms with Crippen LogP contribution >= 0.6 is 0 Å². The van der Waals surface area contributed by atoms with Crippen LogP contribution in [0, 0.1) is 11.8 Å². The molecule has 0 saturated heterocycles. The van der Waals surface area contributed by atoms with Gasteiger partial charge in [-0.25, -0.2) is 0 Å². The average Bonchev–Trinajstić information content (AvgIpc) is 3.17. The van der Waals surface area contributed by atoms with Crippen LogP contribution in [-0.4, -0.2) is 62.1 Å². The fourth-order valence-electron chi connectivity index (χ4n) is 7.01. The first-order valence-electron chi connectivity index (χ1n) is 23.2. The van der Waals surface area contributed by atoms with Crippen LogP contribution in [0.1, 0.15) is 214 Å². The van der Waals surface area contributed by atoms with Crippen LogP contribution < -0.4 is 22.1 Å². The Morgan fingerprint density at radius 1 is 0.518 bits per heavy atom. The smallest absolute Gasteiger partial charge is 0.308 e. The van der Waals surface area contributed by atoms with Crippen molar-refractivity contribution in [2.45, 2.75) is 220 Å². The number of amides is 2. The Kier molecular flexibility index (Phi) is 37.0. The van der Waals surface area contributed by atoms with Crippen LogP contribution in [0.5, 0.6) is 0 Å². The van der Waals surface area contributed by atoms with Crippen molar-refractivity contribution in [3.05, 3.63) is 0 Å². The Hall–Kier alpha value is -2.85. The zero-order chi connectivity index (χ0) is 41.5. The molecule has 0 fully saturated rings. The lowest BCUT2D eigenvalue weighted by molar-refractivity contribution is -0.150. The maximum Gasteiger partial charge on any atom is 0.308 e. The molecule has 11 heteroatoms. The average molecular weight is 794 g/mol. The van der Waals surface area contributed by atoms with Gasteiger partial charge in [0.25, 0.3) is 0 Å². The highest BCUT2D eigenvalue weighted by atomic mass is 16.5. The van der Waals surface area contributed by atoms with Gasteiger partial charge in [-0.1, -0.05) is 143 Å². The number of guanidine groups is 1. The van der Waals surface area contributed by atoms with Crippen molar-refractivity contribution in [3.63, 3.8) is 0 Å². The van der Waals surface area contributed by atoms with Gasteiger partial charge in [0.15, 0.2) is 5.96 Å². The molecule has 0 aliphatic rings. The maximum absolute atomic E-state index is 13.0. The number of hydrogen-bond donors (Lipinski definition) is 4. The zero-order valence-corrected chi connectivity index (χ0v) is 36.6. The molecule has 0 aromatic carbocycles. The van der Waals surface area contributed by atoms with E-state index in [4.69, 9.17) is 20.9 Å². The van der Waals surface area contributed by atoms with Crippen LogP contribution in [0.2, 0.25) is 0 Å². The van der Waals surface area contributed by atoms with Gasteiger partial charge in [0.2, 0.25) is 11.8 Å². The largest absolute Gasteiger partial charge is 0.465 e. The van der Waals surface area contributed by atoms with Gasteiger partial charge in [-0.05, 0) is 64.2 Å². The van der Waals surface area contributed by atoms with Gasteiger partial charge >= 0.3 is 11.9 Å². The lowest BCUT2D eigenvalue weighted by Gasteiger charge is -2.18. The Morgan fingerprint density at radius 2 is 0.964 bits per heavy atom. The first kappa shape index (κ1) is 53.1. The molecule has 3 unspecified atom stereocenters. The van der Waals surface area contributed by atoms with Gasteiger partial charge < -0.3 is 31.6 Å². The first-order chi connectivity index (χ1) is 27.2. The summed E-state index contributed by atoms with van der Waals surface area (Å²) in [5, 5.41) is 5.84. The molecule has 0 spiro atoms. The van der Waals surface area contributed by atoms with Crippen LogP contribution in [0.3, 0.4) is 0 Å². The lowest BCUT2D eigenvalue weighted by Crippen LogP contribution is -2.47. The van der Waals surface area contributed by atoms with Gasteiger partial charge in [0.05, 0.1) is 25.0 Å². The SMILES string of the molecule is CCCCCCCCC(CCCCCC)C(=O)OCCCCCC(=O)NC(CCN=C(N)N)C(=O)NCCCCCCCCOC(=O)C(CCC)CCCCC. The summed E-state index contributed by atoms with van der Waals surface area (Å²) in [4.78, 5) is 55.2. The molecule has 3 atom stereocenters. The second-order valence-electron chi connectivity index (χ2n) is 15.9. The van der Waals surface area contributed by atoms with E-state index in [2.05, 4.69) is 43.3 Å². The van der Waals surface area contributed by atoms with Gasteiger partial charge in [0.1, 0.15) is 6.04 Å². The van der Waals surface area contributed by atoms with Gasteiger partial charge in [-0.2, -0.15) is 0 Å². The van der Waals surface area contributed by atoms with Gasteiger partial charge in [-0.15, -0.1) is 0 Å². The summed E-state index contributed by atoms with van der Waals surface area (Å²) in [6.07, 6.45) is 28.5. The normalized spacial score (nSPS) is 12.7. The third kappa shape index (κ3) is 32.3. The standard InChI is InChI=1S/C45H87N5O6/c1-5-9-12-14-17-23-31-39(30-22-13-10-6-2)44(54)56-37-27-20-24-32-41(51)50-40(33-35-49-45(46)47)42(52)48-34-25-18-15-16-19-26-36-55-43(53)38(28-8-4)29-21-11-7-3/h38-40H,5-37H2,1-4H3,(H,48,52)(H,50,51)(H4,46,47,49). The van der Waals surface area contributed by atoms with Crippen LogP contribution in [0.4, 0.5) is 0 Å². The minimum atomic E-state index is -0.723. The third-order valence-corrected chi connectivity index (χ3v) is 10.5. The third-order valence-electron chi connectivity index (χ3n) is 10.5. The highest BCUT2D eigenvalue weighted by molar-refractivity contribution is 5.87. The molecule has 0 aliphatic carbocycles. The van der Waals surface area contributed by atoms with E-state index in [-0.39, 0.29) is 54.5 Å². The molecule has 0 aliphatic heterocycles. The highest BCUT2D eigenvalue weighted by Gasteiger charge is 2.22. The summed E-state index contributed by atoms with van der Waals surface area (Å²) in [7, 11) is 0. The second kappa shape index (κ2) is 39.0. The number of carbonyl (C=O) groups is 4. The molecule has 328 valence electrons. The summed E-state index contributed by atoms with van der Waals surface area (Å²) < 4.78 is 11.3. The van der Waals surface area contributed by atoms with E-state index in [1.54, 1.807) is 0 Å². The molecule has 0 heterocycles. The van der Waals surface area contributed by atoms with Crippen molar-refractivity contribution in [1.82, 2.24) is 10.6 Å². The van der Waals surface area contributed by atoms with Crippen molar-refractivity contribution in [2.24, 2.45) is 28.3 Å². The highest BCUT2D eigenvalue weighted by Crippen LogP contribution is 2.21. The monoisotopic (exact) mass is 794 g/mol. The molecule has 0 radical (unpaired) electrons. The first-order valence-corrected chi connectivity index (χ1v) is 23.2. The Bertz CT molecular complexity index is 1010. The second-order valence-corrected chi connectivity index (χ2v) is 15.9. The summed E-state index contributed by atoms with van der Waals surface area (Å²) in [6, 6.07) is -0.723. The molecule has 0 rings (SSSR count). The number of rotatable bonds is 40. The predicted molar refractivity (Wildman–Crippen MR) is 231 cm³/mol. The van der Waals surface area contributed by atoms with E-state index in [9.17, 15) is 19.2 Å². The van der Waals surface area contributed by atoms with Crippen LogP contribution in [0.15, 0.2) is 4.99 Å². The Labute approximate surface area is 342 Å². The van der Waals surface area contributed by atoms with Crippen LogP contribution in [-0.2, 0) is 28.7 Å². The van der Waals surface area contributed by atoms with E-state index in [0.717, 1.165) is 116 Å². The quantitative estimate of drug-likeness (QED) is 0.0205. The maximum atomic E-state index is 13.0. The lowest BCUT2D eigenvalue weighted by atomic mass is 9.94. The molecule has 56 heavy (non-hydrogen) atoms. The van der Waals surface area contributed by atoms with Crippen molar-refractivity contribution < 1.29 is 28.7 Å². The van der Waals surface area contributed by atoms with E-state index < -0.39 is 6.04 Å². The number of ether oxygens (including phenoxy) is 2. The summed E-state index contributed by atoms with van der Waals surface area (Å²) in [6.45, 7) is 10.3. The molecule has 2 amide bonds. The van der Waals surface area contributed by atoms with E-state index in [1.807, 2.05) is 0 Å². The molecule has 0 aromatic rings. The molecular weight excluding hydrogens is 707 g/mol. The zero-order valence-electron chi connectivity index (χ0n) is 36.6. The Balaban J connectivity index is 4.43. The van der Waals surface area contributed by atoms with Crippen molar-refractivity contribution in [1.29, 1.82) is 0 Å². The topological polar surface area (TPSA) is 175 Å². The summed E-state index contributed by atoms with van der Waals surface area (Å²) in [5.41, 5.74) is 11.0. The number of carbonyl (C=O) groups excluding carboxylic acids is 4. The van der Waals surface area contributed by atoms with Crippen molar-refractivity contribution in [2.75, 3.05) is 26.3 Å². The summed E-state index contributed by atoms with van der Waals surface area (Å²) in [5.74, 6) is -0.550.